The smallest absolute Gasteiger partial charge is 0.323 e. The number of rotatable bonds is 6. The summed E-state index contributed by atoms with van der Waals surface area (Å²) < 4.78 is 0. The van der Waals surface area contributed by atoms with E-state index in [1.807, 2.05) is 13.8 Å². The molecule has 8 nitrogen and oxygen atoms in total. The molecule has 102 valence electrons. The number of nitrogens with two attached hydrogens (primary N) is 1. The fraction of sp³-hybridized carbons (Fsp3) is 0.778. The van der Waals surface area contributed by atoms with Gasteiger partial charge in [-0.2, -0.15) is 5.48 Å². The first-order chi connectivity index (χ1) is 7.76. The van der Waals surface area contributed by atoms with Crippen molar-refractivity contribution in [1.82, 2.24) is 5.48 Å². The Balaban J connectivity index is 0. The number of aliphatic carboxylic acids is 2. The van der Waals surface area contributed by atoms with Crippen LogP contribution in [0.15, 0.2) is 0 Å². The summed E-state index contributed by atoms with van der Waals surface area (Å²) >= 11 is 0. The summed E-state index contributed by atoms with van der Waals surface area (Å²) in [4.78, 5) is 19.9. The molecule has 0 aliphatic carbocycles. The third-order valence-electron chi connectivity index (χ3n) is 1.67. The molecule has 0 spiro atoms. The molecular weight excluding hydrogens is 232 g/mol. The summed E-state index contributed by atoms with van der Waals surface area (Å²) in [6, 6.07) is -1.96. The second-order valence-electron chi connectivity index (χ2n) is 3.78. The molecule has 0 amide bonds. The first-order valence-electron chi connectivity index (χ1n) is 4.97. The second kappa shape index (κ2) is 9.97. The molecule has 0 rings (SSSR count). The van der Waals surface area contributed by atoms with E-state index < -0.39 is 30.6 Å². The van der Waals surface area contributed by atoms with Crippen LogP contribution in [-0.2, 0) is 9.59 Å². The molecule has 0 bridgehead atoms. The van der Waals surface area contributed by atoms with Gasteiger partial charge in [-0.05, 0) is 12.3 Å². The molecule has 0 saturated heterocycles. The number of carboxylic acid groups (broad SMARTS) is 2. The Kier molecular flexibility index (Phi) is 10.6. The van der Waals surface area contributed by atoms with E-state index in [2.05, 4.69) is 0 Å². The average Bonchev–Trinajstić information content (AvgIpc) is 2.24. The quantitative estimate of drug-likeness (QED) is 0.324. The molecule has 0 aliphatic rings. The molecule has 7 N–H and O–H groups in total. The first kappa shape index (κ1) is 18.2. The van der Waals surface area contributed by atoms with E-state index in [0.717, 1.165) is 0 Å². The van der Waals surface area contributed by atoms with Crippen molar-refractivity contribution in [1.29, 1.82) is 0 Å². The summed E-state index contributed by atoms with van der Waals surface area (Å²) in [5.41, 5.74) is 6.50. The fourth-order valence-corrected chi connectivity index (χ4v) is 0.758. The molecular formula is C9H20N2O6. The average molecular weight is 252 g/mol. The van der Waals surface area contributed by atoms with Gasteiger partial charge in [0.2, 0.25) is 0 Å². The van der Waals surface area contributed by atoms with Crippen molar-refractivity contribution in [3.05, 3.63) is 0 Å². The monoisotopic (exact) mass is 252 g/mol. The van der Waals surface area contributed by atoms with Gasteiger partial charge in [0.1, 0.15) is 12.1 Å². The van der Waals surface area contributed by atoms with E-state index in [-0.39, 0.29) is 5.92 Å². The lowest BCUT2D eigenvalue weighted by Crippen LogP contribution is -2.35. The van der Waals surface area contributed by atoms with Crippen molar-refractivity contribution in [2.45, 2.75) is 32.4 Å². The van der Waals surface area contributed by atoms with Gasteiger partial charge in [0, 0.05) is 0 Å². The van der Waals surface area contributed by atoms with Crippen LogP contribution in [0.4, 0.5) is 0 Å². The Labute approximate surface area is 99.0 Å². The van der Waals surface area contributed by atoms with Gasteiger partial charge < -0.3 is 26.3 Å². The summed E-state index contributed by atoms with van der Waals surface area (Å²) in [6.45, 7) is 3.29. The van der Waals surface area contributed by atoms with Crippen molar-refractivity contribution in [3.63, 3.8) is 0 Å². The zero-order chi connectivity index (χ0) is 14.0. The third-order valence-corrected chi connectivity index (χ3v) is 1.67. The van der Waals surface area contributed by atoms with Gasteiger partial charge in [0.25, 0.3) is 0 Å². The van der Waals surface area contributed by atoms with Gasteiger partial charge in [-0.15, -0.1) is 0 Å². The van der Waals surface area contributed by atoms with Crippen molar-refractivity contribution in [2.24, 2.45) is 11.7 Å². The SMILES string of the molecule is CC(C)C[C@H](NO)C(=O)O.N[C@@H](CO)C(=O)O. The van der Waals surface area contributed by atoms with Crippen LogP contribution < -0.4 is 11.2 Å². The van der Waals surface area contributed by atoms with Crippen LogP contribution in [0, 0.1) is 5.92 Å². The number of aliphatic hydroxyl groups is 1. The molecule has 0 saturated carbocycles. The Morgan fingerprint density at radius 1 is 1.24 bits per heavy atom. The molecule has 8 heteroatoms. The van der Waals surface area contributed by atoms with E-state index in [1.54, 1.807) is 5.48 Å². The van der Waals surface area contributed by atoms with Crippen LogP contribution in [0.3, 0.4) is 0 Å². The van der Waals surface area contributed by atoms with Crippen LogP contribution in [0.2, 0.25) is 0 Å². The van der Waals surface area contributed by atoms with Crippen molar-refractivity contribution < 1.29 is 30.1 Å². The zero-order valence-corrected chi connectivity index (χ0v) is 9.83. The Morgan fingerprint density at radius 3 is 1.76 bits per heavy atom. The predicted molar refractivity (Wildman–Crippen MR) is 58.5 cm³/mol. The number of hydrogen-bond acceptors (Lipinski definition) is 6. The van der Waals surface area contributed by atoms with E-state index >= 15 is 0 Å². The number of carbonyl (C=O) groups is 2. The molecule has 2 atom stereocenters. The lowest BCUT2D eigenvalue weighted by molar-refractivity contribution is -0.143. The van der Waals surface area contributed by atoms with Gasteiger partial charge in [-0.3, -0.25) is 9.59 Å². The third kappa shape index (κ3) is 11.1. The highest BCUT2D eigenvalue weighted by molar-refractivity contribution is 5.73. The van der Waals surface area contributed by atoms with Crippen LogP contribution in [-0.4, -0.2) is 51.2 Å². The number of carboxylic acids is 2. The normalized spacial score (nSPS) is 13.5. The Morgan fingerprint density at radius 2 is 1.71 bits per heavy atom. The summed E-state index contributed by atoms with van der Waals surface area (Å²) in [7, 11) is 0. The molecule has 0 fully saturated rings. The fourth-order valence-electron chi connectivity index (χ4n) is 0.758. The maximum absolute atomic E-state index is 10.2. The van der Waals surface area contributed by atoms with E-state index in [4.69, 9.17) is 26.3 Å². The van der Waals surface area contributed by atoms with Gasteiger partial charge in [-0.1, -0.05) is 13.8 Å². The Hall–Kier alpha value is -1.22. The number of nitrogens with one attached hydrogen (secondary N) is 1. The summed E-state index contributed by atoms with van der Waals surface area (Å²) in [5.74, 6) is -1.93. The van der Waals surface area contributed by atoms with E-state index in [1.165, 1.54) is 0 Å². The molecule has 0 heterocycles. The molecule has 0 aromatic rings. The van der Waals surface area contributed by atoms with Crippen LogP contribution in [0.1, 0.15) is 20.3 Å². The lowest BCUT2D eigenvalue weighted by Gasteiger charge is -2.11. The maximum atomic E-state index is 10.2. The second-order valence-corrected chi connectivity index (χ2v) is 3.78. The van der Waals surface area contributed by atoms with E-state index in [0.29, 0.717) is 6.42 Å². The van der Waals surface area contributed by atoms with Crippen LogP contribution in [0.25, 0.3) is 0 Å². The topological polar surface area (TPSA) is 153 Å². The minimum Gasteiger partial charge on any atom is -0.480 e. The highest BCUT2D eigenvalue weighted by Crippen LogP contribution is 2.03. The minimum atomic E-state index is -1.18. The predicted octanol–water partition coefficient (Wildman–Crippen LogP) is -1.14. The van der Waals surface area contributed by atoms with Gasteiger partial charge in [0.05, 0.1) is 6.61 Å². The van der Waals surface area contributed by atoms with Gasteiger partial charge in [0.15, 0.2) is 0 Å². The van der Waals surface area contributed by atoms with Crippen molar-refractivity contribution in [2.75, 3.05) is 6.61 Å². The highest BCUT2D eigenvalue weighted by atomic mass is 16.5. The Bertz CT molecular complexity index is 234. The van der Waals surface area contributed by atoms with Crippen molar-refractivity contribution >= 4 is 11.9 Å². The standard InChI is InChI=1S/C6H13NO3.C3H7NO3/c1-4(2)3-5(7-10)6(8)9;4-2(1-5)3(6)7/h4-5,7,10H,3H2,1-2H3,(H,8,9);2,5H,1,4H2,(H,6,7)/t5-;2-/m00/s1. The van der Waals surface area contributed by atoms with E-state index in [9.17, 15) is 9.59 Å². The van der Waals surface area contributed by atoms with Gasteiger partial charge >= 0.3 is 11.9 Å². The summed E-state index contributed by atoms with van der Waals surface area (Å²) in [5, 5.41) is 32.6. The molecule has 17 heavy (non-hydrogen) atoms. The molecule has 0 aliphatic heterocycles. The maximum Gasteiger partial charge on any atom is 0.323 e. The lowest BCUT2D eigenvalue weighted by atomic mass is 10.1. The van der Waals surface area contributed by atoms with Gasteiger partial charge in [-0.25, -0.2) is 0 Å². The highest BCUT2D eigenvalue weighted by Gasteiger charge is 2.16. The molecule has 0 unspecified atom stereocenters. The van der Waals surface area contributed by atoms with Crippen LogP contribution >= 0.6 is 0 Å². The van der Waals surface area contributed by atoms with Crippen LogP contribution in [0.5, 0.6) is 0 Å². The first-order valence-corrected chi connectivity index (χ1v) is 4.97. The molecule has 0 aromatic carbocycles. The largest absolute Gasteiger partial charge is 0.480 e. The van der Waals surface area contributed by atoms with Crippen molar-refractivity contribution in [3.8, 4) is 0 Å². The summed E-state index contributed by atoms with van der Waals surface area (Å²) in [6.07, 6.45) is 0.436. The minimum absolute atomic E-state index is 0.265. The number of hydrogen-bond donors (Lipinski definition) is 6. The molecule has 0 radical (unpaired) electrons. The zero-order valence-electron chi connectivity index (χ0n) is 9.83. The molecule has 0 aromatic heterocycles. The number of hydroxylamine groups is 1. The number of aliphatic hydroxyl groups excluding tert-OH is 1.